The van der Waals surface area contributed by atoms with Crippen molar-refractivity contribution in [2.75, 3.05) is 5.32 Å². The van der Waals surface area contributed by atoms with Crippen LogP contribution in [0, 0.1) is 11.6 Å². The number of benzene rings is 2. The van der Waals surface area contributed by atoms with E-state index in [1.807, 2.05) is 0 Å². The Balaban J connectivity index is 2.12. The Morgan fingerprint density at radius 2 is 1.71 bits per heavy atom. The van der Waals surface area contributed by atoms with Gasteiger partial charge in [-0.05, 0) is 35.9 Å². The number of thiocarbonyl (C=S) groups is 1. The fourth-order valence-electron chi connectivity index (χ4n) is 1.81. The lowest BCUT2D eigenvalue weighted by Crippen LogP contribution is -2.19. The fourth-order valence-corrected chi connectivity index (χ4v) is 1.98. The van der Waals surface area contributed by atoms with Crippen molar-refractivity contribution in [3.05, 3.63) is 65.2 Å². The molecular weight excluding hydrogens is 294 g/mol. The maximum absolute atomic E-state index is 13.2. The van der Waals surface area contributed by atoms with Crippen molar-refractivity contribution in [3.8, 4) is 0 Å². The molecule has 2 aromatic carbocycles. The highest BCUT2D eigenvalue weighted by molar-refractivity contribution is 7.80. The van der Waals surface area contributed by atoms with Crippen LogP contribution in [-0.2, 0) is 11.2 Å². The third-order valence-corrected chi connectivity index (χ3v) is 3.02. The number of nitrogens with two attached hydrogens (primary N) is 1. The minimum Gasteiger partial charge on any atom is -0.389 e. The summed E-state index contributed by atoms with van der Waals surface area (Å²) in [5.74, 6) is -1.19. The van der Waals surface area contributed by atoms with Gasteiger partial charge in [-0.1, -0.05) is 24.4 Å². The molecule has 0 saturated heterocycles. The first-order valence-corrected chi connectivity index (χ1v) is 6.50. The lowest BCUT2D eigenvalue weighted by molar-refractivity contribution is -0.115. The second-order valence-electron chi connectivity index (χ2n) is 4.41. The first-order chi connectivity index (χ1) is 9.95. The van der Waals surface area contributed by atoms with Crippen molar-refractivity contribution in [1.82, 2.24) is 0 Å². The molecule has 0 aliphatic rings. The highest BCUT2D eigenvalue weighted by Gasteiger charge is 2.10. The normalized spacial score (nSPS) is 10.2. The van der Waals surface area contributed by atoms with E-state index in [4.69, 9.17) is 18.0 Å². The van der Waals surface area contributed by atoms with Gasteiger partial charge in [-0.3, -0.25) is 4.79 Å². The van der Waals surface area contributed by atoms with E-state index in [1.165, 1.54) is 36.4 Å². The summed E-state index contributed by atoms with van der Waals surface area (Å²) in [6.45, 7) is 0. The van der Waals surface area contributed by atoms with E-state index >= 15 is 0 Å². The van der Waals surface area contributed by atoms with Gasteiger partial charge in [0.05, 0.1) is 12.1 Å². The monoisotopic (exact) mass is 306 g/mol. The summed E-state index contributed by atoms with van der Waals surface area (Å²) in [5.41, 5.74) is 6.77. The van der Waals surface area contributed by atoms with Gasteiger partial charge in [0, 0.05) is 5.56 Å². The number of rotatable bonds is 4. The molecule has 0 aliphatic carbocycles. The van der Waals surface area contributed by atoms with Gasteiger partial charge in [0.2, 0.25) is 5.91 Å². The summed E-state index contributed by atoms with van der Waals surface area (Å²) in [6, 6.07) is 9.36. The van der Waals surface area contributed by atoms with Crippen LogP contribution in [0.4, 0.5) is 14.5 Å². The molecule has 0 aromatic heterocycles. The molecule has 0 radical (unpaired) electrons. The lowest BCUT2D eigenvalue weighted by atomic mass is 10.1. The molecule has 0 aliphatic heterocycles. The molecule has 0 bridgehead atoms. The van der Waals surface area contributed by atoms with E-state index in [0.29, 0.717) is 11.3 Å². The summed E-state index contributed by atoms with van der Waals surface area (Å²) in [4.78, 5) is 11.9. The molecule has 0 heterocycles. The van der Waals surface area contributed by atoms with Gasteiger partial charge in [0.25, 0.3) is 0 Å². The molecule has 1 amide bonds. The van der Waals surface area contributed by atoms with E-state index in [9.17, 15) is 13.6 Å². The van der Waals surface area contributed by atoms with Crippen LogP contribution in [-0.4, -0.2) is 10.9 Å². The van der Waals surface area contributed by atoms with E-state index in [0.717, 1.165) is 6.07 Å². The predicted molar refractivity (Wildman–Crippen MR) is 81.0 cm³/mol. The average Bonchev–Trinajstić information content (AvgIpc) is 2.43. The van der Waals surface area contributed by atoms with Gasteiger partial charge >= 0.3 is 0 Å². The number of anilines is 1. The Morgan fingerprint density at radius 3 is 2.33 bits per heavy atom. The van der Waals surface area contributed by atoms with E-state index < -0.39 is 5.82 Å². The van der Waals surface area contributed by atoms with Crippen LogP contribution in [0.1, 0.15) is 11.1 Å². The highest BCUT2D eigenvalue weighted by Crippen LogP contribution is 2.17. The summed E-state index contributed by atoms with van der Waals surface area (Å²) < 4.78 is 26.0. The van der Waals surface area contributed by atoms with Crippen molar-refractivity contribution in [2.24, 2.45) is 5.73 Å². The van der Waals surface area contributed by atoms with Crippen LogP contribution in [0.25, 0.3) is 0 Å². The fraction of sp³-hybridized carbons (Fsp3) is 0.0667. The first kappa shape index (κ1) is 15.1. The number of carbonyl (C=O) groups excluding carboxylic acids is 1. The number of halogens is 2. The van der Waals surface area contributed by atoms with Gasteiger partial charge in [-0.2, -0.15) is 0 Å². The number of nitrogens with one attached hydrogen (secondary N) is 1. The molecule has 3 nitrogen and oxygen atoms in total. The van der Waals surface area contributed by atoms with Crippen LogP contribution in [0.5, 0.6) is 0 Å². The zero-order chi connectivity index (χ0) is 15.4. The van der Waals surface area contributed by atoms with Crippen LogP contribution in [0.15, 0.2) is 42.5 Å². The molecule has 21 heavy (non-hydrogen) atoms. The summed E-state index contributed by atoms with van der Waals surface area (Å²) in [7, 11) is 0. The lowest BCUT2D eigenvalue weighted by Gasteiger charge is -2.10. The van der Waals surface area contributed by atoms with Gasteiger partial charge in [-0.25, -0.2) is 8.78 Å². The quantitative estimate of drug-likeness (QED) is 0.854. The van der Waals surface area contributed by atoms with E-state index in [-0.39, 0.29) is 28.7 Å². The molecule has 0 unspecified atom stereocenters. The van der Waals surface area contributed by atoms with Gasteiger partial charge < -0.3 is 11.1 Å². The Kier molecular flexibility index (Phi) is 4.59. The predicted octanol–water partition coefficient (Wildman–Crippen LogP) is 2.78. The highest BCUT2D eigenvalue weighted by atomic mass is 32.1. The molecule has 0 spiro atoms. The second-order valence-corrected chi connectivity index (χ2v) is 4.85. The number of hydrogen-bond donors (Lipinski definition) is 2. The van der Waals surface area contributed by atoms with Crippen LogP contribution in [0.2, 0.25) is 0 Å². The van der Waals surface area contributed by atoms with Gasteiger partial charge in [-0.15, -0.1) is 0 Å². The van der Waals surface area contributed by atoms with Crippen molar-refractivity contribution in [1.29, 1.82) is 0 Å². The second kappa shape index (κ2) is 6.41. The number of hydrogen-bond acceptors (Lipinski definition) is 2. The Morgan fingerprint density at radius 1 is 1.10 bits per heavy atom. The van der Waals surface area contributed by atoms with Crippen molar-refractivity contribution < 1.29 is 13.6 Å². The van der Waals surface area contributed by atoms with Crippen LogP contribution < -0.4 is 11.1 Å². The minimum atomic E-state index is -0.491. The topological polar surface area (TPSA) is 55.1 Å². The molecule has 3 N–H and O–H groups in total. The molecule has 0 fully saturated rings. The SMILES string of the molecule is NC(=S)c1cc(F)ccc1NC(=O)Cc1ccc(F)cc1. The van der Waals surface area contributed by atoms with Gasteiger partial charge in [0.15, 0.2) is 0 Å². The number of carbonyl (C=O) groups is 1. The summed E-state index contributed by atoms with van der Waals surface area (Å²) in [6.07, 6.45) is 0.0639. The smallest absolute Gasteiger partial charge is 0.228 e. The molecule has 2 rings (SSSR count). The van der Waals surface area contributed by atoms with Crippen molar-refractivity contribution in [2.45, 2.75) is 6.42 Å². The maximum Gasteiger partial charge on any atom is 0.228 e. The van der Waals surface area contributed by atoms with E-state index in [1.54, 1.807) is 0 Å². The molecule has 0 saturated carbocycles. The molecule has 2 aromatic rings. The largest absolute Gasteiger partial charge is 0.389 e. The minimum absolute atomic E-state index is 0.00779. The zero-order valence-corrected chi connectivity index (χ0v) is 11.7. The number of amides is 1. The Hall–Kier alpha value is -2.34. The molecular formula is C15H12F2N2OS. The van der Waals surface area contributed by atoms with Crippen molar-refractivity contribution in [3.63, 3.8) is 0 Å². The first-order valence-electron chi connectivity index (χ1n) is 6.09. The summed E-state index contributed by atoms with van der Waals surface area (Å²) >= 11 is 4.82. The van der Waals surface area contributed by atoms with E-state index in [2.05, 4.69) is 5.32 Å². The standard InChI is InChI=1S/C15H12F2N2OS/c16-10-3-1-9(2-4-10)7-14(20)19-13-6-5-11(17)8-12(13)15(18)21/h1-6,8H,7H2,(H2,18,21)(H,19,20). The third-order valence-electron chi connectivity index (χ3n) is 2.80. The van der Waals surface area contributed by atoms with Crippen molar-refractivity contribution >= 4 is 28.8 Å². The Bertz CT molecular complexity index is 687. The molecule has 0 atom stereocenters. The summed E-state index contributed by atoms with van der Waals surface area (Å²) in [5, 5.41) is 2.62. The van der Waals surface area contributed by atoms with Gasteiger partial charge in [0.1, 0.15) is 16.6 Å². The van der Waals surface area contributed by atoms with Crippen LogP contribution >= 0.6 is 12.2 Å². The third kappa shape index (κ3) is 4.06. The van der Waals surface area contributed by atoms with Crippen LogP contribution in [0.3, 0.4) is 0 Å². The molecule has 6 heteroatoms. The maximum atomic E-state index is 13.2. The molecule has 108 valence electrons. The zero-order valence-electron chi connectivity index (χ0n) is 10.9. The Labute approximate surface area is 125 Å². The average molecular weight is 306 g/mol.